The predicted molar refractivity (Wildman–Crippen MR) is 116 cm³/mol. The molecule has 1 heterocycles. The minimum Gasteiger partial charge on any atom is -0.493 e. The lowest BCUT2D eigenvalue weighted by atomic mass is 10.1. The molecule has 0 saturated carbocycles. The summed E-state index contributed by atoms with van der Waals surface area (Å²) in [7, 11) is 5.55. The van der Waals surface area contributed by atoms with Gasteiger partial charge in [-0.2, -0.15) is 0 Å². The molecule has 0 aliphatic carbocycles. The fourth-order valence-electron chi connectivity index (χ4n) is 2.58. The summed E-state index contributed by atoms with van der Waals surface area (Å²) in [6, 6.07) is 3.07. The van der Waals surface area contributed by atoms with Crippen LogP contribution in [0.3, 0.4) is 0 Å². The number of methoxy groups -OCH3 is 4. The van der Waals surface area contributed by atoms with Crippen molar-refractivity contribution in [1.82, 2.24) is 0 Å². The Hall–Kier alpha value is -2.85. The van der Waals surface area contributed by atoms with E-state index in [1.807, 2.05) is 13.8 Å². The number of esters is 2. The molecule has 0 atom stereocenters. The monoisotopic (exact) mass is 438 g/mol. The Kier molecular flexibility index (Phi) is 7.40. The van der Waals surface area contributed by atoms with E-state index in [1.54, 1.807) is 6.07 Å². The van der Waals surface area contributed by atoms with Gasteiger partial charge in [-0.1, -0.05) is 0 Å². The molecule has 0 unspecified atom stereocenters. The van der Waals surface area contributed by atoms with Gasteiger partial charge in [-0.25, -0.2) is 9.59 Å². The van der Waals surface area contributed by atoms with Gasteiger partial charge in [-0.3, -0.25) is 0 Å². The van der Waals surface area contributed by atoms with E-state index in [2.05, 4.69) is 10.6 Å². The molecule has 0 spiro atoms. The Morgan fingerprint density at radius 1 is 0.931 bits per heavy atom. The Morgan fingerprint density at radius 3 is 2.07 bits per heavy atom. The standard InChI is InChI=1S/C19H22N2O6S2/c1-9-10(2)29-16(15(9)18(23)27-6)21-19(28)20-12-8-14(25-4)13(24-3)7-11(12)17(22)26-5/h7-8H,1-6H3,(H2,20,21,28). The van der Waals surface area contributed by atoms with Gasteiger partial charge in [0.15, 0.2) is 16.6 Å². The lowest BCUT2D eigenvalue weighted by Gasteiger charge is -2.16. The van der Waals surface area contributed by atoms with E-state index in [1.165, 1.54) is 45.8 Å². The third kappa shape index (κ3) is 4.77. The first kappa shape index (κ1) is 22.4. The quantitative estimate of drug-likeness (QED) is 0.516. The van der Waals surface area contributed by atoms with Crippen LogP contribution < -0.4 is 20.1 Å². The molecule has 0 radical (unpaired) electrons. The van der Waals surface area contributed by atoms with Crippen LogP contribution in [0.25, 0.3) is 0 Å². The summed E-state index contributed by atoms with van der Waals surface area (Å²) in [6.45, 7) is 3.74. The van der Waals surface area contributed by atoms with Gasteiger partial charge < -0.3 is 29.6 Å². The maximum Gasteiger partial charge on any atom is 0.341 e. The molecule has 0 amide bonds. The zero-order chi connectivity index (χ0) is 21.7. The van der Waals surface area contributed by atoms with Gasteiger partial charge in [-0.15, -0.1) is 11.3 Å². The molecule has 2 aromatic rings. The van der Waals surface area contributed by atoms with Crippen LogP contribution in [0.4, 0.5) is 10.7 Å². The minimum atomic E-state index is -0.575. The molecule has 1 aromatic carbocycles. The molecule has 0 aliphatic rings. The van der Waals surface area contributed by atoms with E-state index < -0.39 is 11.9 Å². The van der Waals surface area contributed by atoms with Crippen molar-refractivity contribution in [2.75, 3.05) is 39.1 Å². The van der Waals surface area contributed by atoms with Gasteiger partial charge >= 0.3 is 11.9 Å². The number of carbonyl (C=O) groups is 2. The molecule has 156 valence electrons. The van der Waals surface area contributed by atoms with Gasteiger partial charge in [0.05, 0.1) is 45.3 Å². The average Bonchev–Trinajstić information content (AvgIpc) is 2.99. The second-order valence-corrected chi connectivity index (χ2v) is 7.44. The fraction of sp³-hybridized carbons (Fsp3) is 0.316. The molecule has 0 fully saturated rings. The summed E-state index contributed by atoms with van der Waals surface area (Å²) in [4.78, 5) is 25.3. The van der Waals surface area contributed by atoms with Crippen molar-refractivity contribution in [2.24, 2.45) is 0 Å². The van der Waals surface area contributed by atoms with Gasteiger partial charge in [-0.05, 0) is 31.6 Å². The number of thiophene rings is 1. The number of carbonyl (C=O) groups excluding carboxylic acids is 2. The van der Waals surface area contributed by atoms with Crippen molar-refractivity contribution < 1.29 is 28.5 Å². The number of hydrogen-bond acceptors (Lipinski definition) is 8. The van der Waals surface area contributed by atoms with Gasteiger partial charge in [0, 0.05) is 17.0 Å². The zero-order valence-electron chi connectivity index (χ0n) is 16.9. The molecular formula is C19H22N2O6S2. The molecule has 8 nitrogen and oxygen atoms in total. The Bertz CT molecular complexity index is 955. The summed E-state index contributed by atoms with van der Waals surface area (Å²) in [6.07, 6.45) is 0. The molecule has 0 bridgehead atoms. The lowest BCUT2D eigenvalue weighted by molar-refractivity contribution is 0.0592. The lowest BCUT2D eigenvalue weighted by Crippen LogP contribution is -2.22. The second kappa shape index (κ2) is 9.57. The van der Waals surface area contributed by atoms with E-state index in [4.69, 9.17) is 31.2 Å². The Labute approximate surface area is 178 Å². The number of thiocarbonyl (C=S) groups is 1. The Morgan fingerprint density at radius 2 is 1.52 bits per heavy atom. The fourth-order valence-corrected chi connectivity index (χ4v) is 3.91. The Balaban J connectivity index is 2.37. The smallest absolute Gasteiger partial charge is 0.341 e. The molecule has 2 N–H and O–H groups in total. The summed E-state index contributed by atoms with van der Waals surface area (Å²) in [5.74, 6) is -0.258. The molecular weight excluding hydrogens is 416 g/mol. The van der Waals surface area contributed by atoms with E-state index in [9.17, 15) is 9.59 Å². The van der Waals surface area contributed by atoms with Crippen LogP contribution in [-0.2, 0) is 9.47 Å². The highest BCUT2D eigenvalue weighted by molar-refractivity contribution is 7.80. The molecule has 1 aromatic heterocycles. The van der Waals surface area contributed by atoms with E-state index in [0.29, 0.717) is 27.8 Å². The normalized spacial score (nSPS) is 10.1. The first-order chi connectivity index (χ1) is 13.8. The van der Waals surface area contributed by atoms with Crippen molar-refractivity contribution in [2.45, 2.75) is 13.8 Å². The summed E-state index contributed by atoms with van der Waals surface area (Å²) in [5.41, 5.74) is 1.80. The predicted octanol–water partition coefficient (Wildman–Crippen LogP) is 3.76. The zero-order valence-corrected chi connectivity index (χ0v) is 18.6. The molecule has 29 heavy (non-hydrogen) atoms. The number of nitrogens with one attached hydrogen (secondary N) is 2. The van der Waals surface area contributed by atoms with Crippen LogP contribution in [0.5, 0.6) is 11.5 Å². The maximum atomic E-state index is 12.2. The molecule has 10 heteroatoms. The molecule has 0 saturated heterocycles. The number of anilines is 2. The first-order valence-electron chi connectivity index (χ1n) is 8.37. The molecule has 2 rings (SSSR count). The number of aryl methyl sites for hydroxylation is 1. The number of rotatable bonds is 6. The third-order valence-electron chi connectivity index (χ3n) is 4.18. The topological polar surface area (TPSA) is 95.1 Å². The summed E-state index contributed by atoms with van der Waals surface area (Å²) >= 11 is 6.76. The van der Waals surface area contributed by atoms with Crippen LogP contribution in [0.2, 0.25) is 0 Å². The summed E-state index contributed by atoms with van der Waals surface area (Å²) in [5, 5.41) is 6.67. The highest BCUT2D eigenvalue weighted by Crippen LogP contribution is 2.35. The highest BCUT2D eigenvalue weighted by Gasteiger charge is 2.22. The van der Waals surface area contributed by atoms with Crippen LogP contribution in [0.15, 0.2) is 12.1 Å². The van der Waals surface area contributed by atoms with Crippen LogP contribution in [0, 0.1) is 13.8 Å². The number of hydrogen-bond donors (Lipinski definition) is 2. The van der Waals surface area contributed by atoms with Crippen LogP contribution in [0.1, 0.15) is 31.2 Å². The van der Waals surface area contributed by atoms with Crippen molar-refractivity contribution >= 4 is 51.3 Å². The van der Waals surface area contributed by atoms with Gasteiger partial charge in [0.2, 0.25) is 0 Å². The van der Waals surface area contributed by atoms with E-state index >= 15 is 0 Å². The summed E-state index contributed by atoms with van der Waals surface area (Å²) < 4.78 is 20.2. The maximum absolute atomic E-state index is 12.2. The average molecular weight is 439 g/mol. The van der Waals surface area contributed by atoms with E-state index in [0.717, 1.165) is 10.4 Å². The van der Waals surface area contributed by atoms with Gasteiger partial charge in [0.25, 0.3) is 0 Å². The first-order valence-corrected chi connectivity index (χ1v) is 9.60. The van der Waals surface area contributed by atoms with Crippen molar-refractivity contribution in [1.29, 1.82) is 0 Å². The number of ether oxygens (including phenoxy) is 4. The van der Waals surface area contributed by atoms with Crippen LogP contribution >= 0.6 is 23.6 Å². The SMILES string of the molecule is COC(=O)c1cc(OC)c(OC)cc1NC(=S)Nc1sc(C)c(C)c1C(=O)OC. The van der Waals surface area contributed by atoms with Crippen LogP contribution in [-0.4, -0.2) is 45.5 Å². The molecule has 0 aliphatic heterocycles. The second-order valence-electron chi connectivity index (χ2n) is 5.80. The van der Waals surface area contributed by atoms with Crippen molar-refractivity contribution in [3.05, 3.63) is 33.7 Å². The van der Waals surface area contributed by atoms with Crippen molar-refractivity contribution in [3.8, 4) is 11.5 Å². The third-order valence-corrected chi connectivity index (χ3v) is 5.51. The van der Waals surface area contributed by atoms with Crippen molar-refractivity contribution in [3.63, 3.8) is 0 Å². The highest BCUT2D eigenvalue weighted by atomic mass is 32.1. The van der Waals surface area contributed by atoms with E-state index in [-0.39, 0.29) is 10.7 Å². The largest absolute Gasteiger partial charge is 0.493 e. The number of benzene rings is 1. The van der Waals surface area contributed by atoms with Gasteiger partial charge in [0.1, 0.15) is 5.00 Å². The minimum absolute atomic E-state index is 0.175.